The SMILES string of the molecule is COc1ccc(OC2CCN(C(=O)CN3C(=O)c4ccccc4C3=O)CC2)cc1. The summed E-state index contributed by atoms with van der Waals surface area (Å²) in [6, 6.07) is 14.1. The van der Waals surface area contributed by atoms with Gasteiger partial charge in [0.15, 0.2) is 0 Å². The number of imide groups is 1. The topological polar surface area (TPSA) is 76.2 Å². The molecule has 0 radical (unpaired) electrons. The molecule has 2 aromatic carbocycles. The van der Waals surface area contributed by atoms with E-state index >= 15 is 0 Å². The molecule has 2 aromatic rings. The maximum absolute atomic E-state index is 12.7. The van der Waals surface area contributed by atoms with Crippen LogP contribution in [0.1, 0.15) is 33.6 Å². The van der Waals surface area contributed by atoms with Gasteiger partial charge in [-0.2, -0.15) is 0 Å². The number of benzene rings is 2. The van der Waals surface area contributed by atoms with Crippen LogP contribution in [0.25, 0.3) is 0 Å². The van der Waals surface area contributed by atoms with Gasteiger partial charge in [-0.15, -0.1) is 0 Å². The van der Waals surface area contributed by atoms with E-state index in [0.29, 0.717) is 37.1 Å². The van der Waals surface area contributed by atoms with Crippen LogP contribution < -0.4 is 9.47 Å². The highest BCUT2D eigenvalue weighted by atomic mass is 16.5. The Morgan fingerprint density at radius 1 is 0.931 bits per heavy atom. The van der Waals surface area contributed by atoms with Crippen molar-refractivity contribution in [2.75, 3.05) is 26.7 Å². The fourth-order valence-corrected chi connectivity index (χ4v) is 3.69. The van der Waals surface area contributed by atoms with E-state index in [0.717, 1.165) is 16.4 Å². The smallest absolute Gasteiger partial charge is 0.262 e. The van der Waals surface area contributed by atoms with E-state index in [1.54, 1.807) is 36.3 Å². The normalized spacial score (nSPS) is 16.7. The van der Waals surface area contributed by atoms with E-state index in [2.05, 4.69) is 0 Å². The van der Waals surface area contributed by atoms with Gasteiger partial charge in [-0.3, -0.25) is 19.3 Å². The zero-order chi connectivity index (χ0) is 20.4. The van der Waals surface area contributed by atoms with E-state index in [4.69, 9.17) is 9.47 Å². The Kier molecular flexibility index (Phi) is 5.20. The Balaban J connectivity index is 1.30. The molecule has 150 valence electrons. The van der Waals surface area contributed by atoms with Gasteiger partial charge in [0.2, 0.25) is 5.91 Å². The molecule has 2 heterocycles. The van der Waals surface area contributed by atoms with E-state index < -0.39 is 11.8 Å². The van der Waals surface area contributed by atoms with Crippen LogP contribution >= 0.6 is 0 Å². The molecule has 2 aliphatic rings. The molecule has 1 fully saturated rings. The molecule has 0 bridgehead atoms. The molecule has 0 atom stereocenters. The highest BCUT2D eigenvalue weighted by Crippen LogP contribution is 2.24. The van der Waals surface area contributed by atoms with E-state index in [1.807, 2.05) is 24.3 Å². The highest BCUT2D eigenvalue weighted by Gasteiger charge is 2.37. The highest BCUT2D eigenvalue weighted by molar-refractivity contribution is 6.22. The van der Waals surface area contributed by atoms with Gasteiger partial charge in [0.1, 0.15) is 24.1 Å². The summed E-state index contributed by atoms with van der Waals surface area (Å²) in [5.74, 6) is 0.503. The van der Waals surface area contributed by atoms with E-state index in [-0.39, 0.29) is 18.6 Å². The lowest BCUT2D eigenvalue weighted by atomic mass is 10.1. The minimum absolute atomic E-state index is 0.0201. The third-order valence-corrected chi connectivity index (χ3v) is 5.33. The third-order valence-electron chi connectivity index (χ3n) is 5.33. The second-order valence-corrected chi connectivity index (χ2v) is 7.12. The van der Waals surface area contributed by atoms with Crippen LogP contribution in [-0.4, -0.2) is 60.4 Å². The number of nitrogens with zero attached hydrogens (tertiary/aromatic N) is 2. The molecule has 0 N–H and O–H groups in total. The largest absolute Gasteiger partial charge is 0.497 e. The van der Waals surface area contributed by atoms with Gasteiger partial charge in [-0.05, 0) is 36.4 Å². The van der Waals surface area contributed by atoms with Crippen molar-refractivity contribution in [3.63, 3.8) is 0 Å². The molecular weight excluding hydrogens is 372 g/mol. The van der Waals surface area contributed by atoms with Gasteiger partial charge in [0.25, 0.3) is 11.8 Å². The minimum atomic E-state index is -0.406. The predicted molar refractivity (Wildman–Crippen MR) is 105 cm³/mol. The molecule has 2 aliphatic heterocycles. The van der Waals surface area contributed by atoms with Crippen LogP contribution in [0.2, 0.25) is 0 Å². The lowest BCUT2D eigenvalue weighted by molar-refractivity contribution is -0.133. The van der Waals surface area contributed by atoms with Crippen molar-refractivity contribution in [3.8, 4) is 11.5 Å². The number of carbonyl (C=O) groups excluding carboxylic acids is 3. The molecular formula is C22H22N2O5. The lowest BCUT2D eigenvalue weighted by Gasteiger charge is -2.33. The van der Waals surface area contributed by atoms with Crippen molar-refractivity contribution in [1.29, 1.82) is 0 Å². The number of fused-ring (bicyclic) bond motifs is 1. The maximum atomic E-state index is 12.7. The Morgan fingerprint density at radius 3 is 2.03 bits per heavy atom. The van der Waals surface area contributed by atoms with Crippen LogP contribution in [-0.2, 0) is 4.79 Å². The number of ether oxygens (including phenoxy) is 2. The summed E-state index contributed by atoms with van der Waals surface area (Å²) < 4.78 is 11.1. The number of carbonyl (C=O) groups is 3. The molecule has 0 aromatic heterocycles. The molecule has 4 rings (SSSR count). The van der Waals surface area contributed by atoms with Gasteiger partial charge < -0.3 is 14.4 Å². The zero-order valence-corrected chi connectivity index (χ0v) is 16.2. The Labute approximate surface area is 168 Å². The summed E-state index contributed by atoms with van der Waals surface area (Å²) in [6.07, 6.45) is 1.41. The molecule has 7 nitrogen and oxygen atoms in total. The lowest BCUT2D eigenvalue weighted by Crippen LogP contribution is -2.47. The third kappa shape index (κ3) is 3.81. The summed E-state index contributed by atoms with van der Waals surface area (Å²) >= 11 is 0. The second kappa shape index (κ2) is 7.95. The van der Waals surface area contributed by atoms with E-state index in [9.17, 15) is 14.4 Å². The summed E-state index contributed by atoms with van der Waals surface area (Å²) in [4.78, 5) is 40.2. The quantitative estimate of drug-likeness (QED) is 0.728. The monoisotopic (exact) mass is 394 g/mol. The fourth-order valence-electron chi connectivity index (χ4n) is 3.69. The number of likely N-dealkylation sites (tertiary alicyclic amines) is 1. The molecule has 0 unspecified atom stereocenters. The van der Waals surface area contributed by atoms with Crippen LogP contribution in [0.15, 0.2) is 48.5 Å². The van der Waals surface area contributed by atoms with Crippen molar-refractivity contribution in [1.82, 2.24) is 9.80 Å². The van der Waals surface area contributed by atoms with Gasteiger partial charge in [-0.25, -0.2) is 0 Å². The first-order valence-electron chi connectivity index (χ1n) is 9.60. The first-order chi connectivity index (χ1) is 14.1. The number of rotatable bonds is 5. The second-order valence-electron chi connectivity index (χ2n) is 7.12. The number of methoxy groups -OCH3 is 1. The number of hydrogen-bond donors (Lipinski definition) is 0. The molecule has 1 saturated heterocycles. The summed E-state index contributed by atoms with van der Waals surface area (Å²) in [5, 5.41) is 0. The number of piperidine rings is 1. The molecule has 3 amide bonds. The van der Waals surface area contributed by atoms with Gasteiger partial charge in [-0.1, -0.05) is 12.1 Å². The molecule has 7 heteroatoms. The standard InChI is InChI=1S/C22H22N2O5/c1-28-15-6-8-16(9-7-15)29-17-10-12-23(13-11-17)20(25)14-24-21(26)18-4-2-3-5-19(18)22(24)27/h2-9,17H,10-14H2,1H3. The molecule has 29 heavy (non-hydrogen) atoms. The Bertz CT molecular complexity index is 897. The predicted octanol–water partition coefficient (Wildman–Crippen LogP) is 2.36. The first kappa shape index (κ1) is 19.0. The van der Waals surface area contributed by atoms with Crippen LogP contribution in [0.5, 0.6) is 11.5 Å². The van der Waals surface area contributed by atoms with E-state index in [1.165, 1.54) is 0 Å². The Morgan fingerprint density at radius 2 is 1.48 bits per heavy atom. The van der Waals surface area contributed by atoms with Crippen molar-refractivity contribution >= 4 is 17.7 Å². The van der Waals surface area contributed by atoms with Gasteiger partial charge in [0.05, 0.1) is 18.2 Å². The average molecular weight is 394 g/mol. The summed E-state index contributed by atoms with van der Waals surface area (Å²) in [6.45, 7) is 0.835. The molecule has 0 saturated carbocycles. The molecule has 0 aliphatic carbocycles. The van der Waals surface area contributed by atoms with Crippen molar-refractivity contribution in [2.45, 2.75) is 18.9 Å². The summed E-state index contributed by atoms with van der Waals surface area (Å²) in [7, 11) is 1.62. The zero-order valence-electron chi connectivity index (χ0n) is 16.2. The maximum Gasteiger partial charge on any atom is 0.262 e. The van der Waals surface area contributed by atoms with Crippen LogP contribution in [0.3, 0.4) is 0 Å². The minimum Gasteiger partial charge on any atom is -0.497 e. The van der Waals surface area contributed by atoms with Gasteiger partial charge >= 0.3 is 0 Å². The van der Waals surface area contributed by atoms with Gasteiger partial charge in [0, 0.05) is 25.9 Å². The number of hydrogen-bond acceptors (Lipinski definition) is 5. The first-order valence-corrected chi connectivity index (χ1v) is 9.60. The number of amides is 3. The molecule has 0 spiro atoms. The fraction of sp³-hybridized carbons (Fsp3) is 0.318. The van der Waals surface area contributed by atoms with Crippen molar-refractivity contribution in [3.05, 3.63) is 59.7 Å². The van der Waals surface area contributed by atoms with Crippen molar-refractivity contribution < 1.29 is 23.9 Å². The Hall–Kier alpha value is -3.35. The van der Waals surface area contributed by atoms with Crippen LogP contribution in [0.4, 0.5) is 0 Å². The van der Waals surface area contributed by atoms with Crippen molar-refractivity contribution in [2.24, 2.45) is 0 Å². The van der Waals surface area contributed by atoms with Crippen LogP contribution in [0, 0.1) is 0 Å². The summed E-state index contributed by atoms with van der Waals surface area (Å²) in [5.41, 5.74) is 0.716. The average Bonchev–Trinajstić information content (AvgIpc) is 3.00.